The van der Waals surface area contributed by atoms with Gasteiger partial charge in [0.1, 0.15) is 11.9 Å². The van der Waals surface area contributed by atoms with Crippen LogP contribution in [0.5, 0.6) is 17.2 Å². The van der Waals surface area contributed by atoms with E-state index in [1.54, 1.807) is 0 Å². The smallest absolute Gasteiger partial charge is 0.231 e. The molecule has 29 heavy (non-hydrogen) atoms. The fourth-order valence-corrected chi connectivity index (χ4v) is 3.62. The van der Waals surface area contributed by atoms with E-state index in [-0.39, 0.29) is 12.7 Å². The molecular weight excluding hydrogens is 368 g/mol. The Kier molecular flexibility index (Phi) is 6.20. The van der Waals surface area contributed by atoms with Crippen molar-refractivity contribution in [1.82, 2.24) is 10.2 Å². The summed E-state index contributed by atoms with van der Waals surface area (Å²) in [6.45, 7) is 2.96. The molecule has 0 spiro atoms. The van der Waals surface area contributed by atoms with E-state index in [4.69, 9.17) is 14.2 Å². The van der Waals surface area contributed by atoms with Crippen LogP contribution in [0.15, 0.2) is 42.5 Å². The monoisotopic (exact) mass is 396 g/mol. The Bertz CT molecular complexity index is 829. The van der Waals surface area contributed by atoms with E-state index in [0.717, 1.165) is 54.3 Å². The van der Waals surface area contributed by atoms with Crippen molar-refractivity contribution in [2.75, 3.05) is 26.9 Å². The number of benzene rings is 2. The highest BCUT2D eigenvalue weighted by Crippen LogP contribution is 2.32. The Morgan fingerprint density at radius 2 is 1.79 bits per heavy atom. The summed E-state index contributed by atoms with van der Waals surface area (Å²) in [6.07, 6.45) is 3.55. The minimum atomic E-state index is 0.0364. The average Bonchev–Trinajstić information content (AvgIpc) is 3.21. The molecule has 1 fully saturated rings. The number of rotatable bonds is 7. The Labute approximate surface area is 171 Å². The van der Waals surface area contributed by atoms with E-state index in [1.807, 2.05) is 42.5 Å². The van der Waals surface area contributed by atoms with Crippen LogP contribution >= 0.6 is 0 Å². The molecule has 2 aliphatic heterocycles. The maximum atomic E-state index is 12.2. The van der Waals surface area contributed by atoms with Crippen LogP contribution in [0.4, 0.5) is 0 Å². The van der Waals surface area contributed by atoms with E-state index < -0.39 is 0 Å². The minimum Gasteiger partial charge on any atom is -0.490 e. The molecule has 1 amide bonds. The van der Waals surface area contributed by atoms with Crippen LogP contribution in [0, 0.1) is 0 Å². The molecule has 0 unspecified atom stereocenters. The molecule has 6 heteroatoms. The Hall–Kier alpha value is -2.73. The van der Waals surface area contributed by atoms with Crippen molar-refractivity contribution in [1.29, 1.82) is 0 Å². The zero-order valence-corrected chi connectivity index (χ0v) is 16.9. The molecule has 0 aliphatic carbocycles. The van der Waals surface area contributed by atoms with Crippen molar-refractivity contribution < 1.29 is 19.0 Å². The summed E-state index contributed by atoms with van der Waals surface area (Å²) in [5.74, 6) is 2.46. The van der Waals surface area contributed by atoms with Gasteiger partial charge in [-0.3, -0.25) is 4.79 Å². The van der Waals surface area contributed by atoms with Gasteiger partial charge in [-0.15, -0.1) is 0 Å². The van der Waals surface area contributed by atoms with Crippen LogP contribution in [0.2, 0.25) is 0 Å². The number of hydrogen-bond acceptors (Lipinski definition) is 5. The van der Waals surface area contributed by atoms with Crippen molar-refractivity contribution in [2.24, 2.45) is 0 Å². The highest BCUT2D eigenvalue weighted by molar-refractivity contribution is 5.76. The molecule has 2 aliphatic rings. The summed E-state index contributed by atoms with van der Waals surface area (Å²) in [5, 5.41) is 2.99. The summed E-state index contributed by atoms with van der Waals surface area (Å²) in [4.78, 5) is 14.5. The normalized spacial score (nSPS) is 16.6. The van der Waals surface area contributed by atoms with Crippen molar-refractivity contribution >= 4 is 5.91 Å². The number of hydrogen-bond donors (Lipinski definition) is 1. The number of nitrogens with zero attached hydrogens (tertiary/aromatic N) is 1. The molecule has 0 aromatic heterocycles. The number of carbonyl (C=O) groups excluding carboxylic acids is 1. The molecule has 1 saturated heterocycles. The maximum absolute atomic E-state index is 12.2. The molecule has 0 radical (unpaired) electrons. The Balaban J connectivity index is 1.19. The molecule has 0 atom stereocenters. The average molecular weight is 396 g/mol. The molecule has 2 aromatic carbocycles. The molecule has 154 valence electrons. The quantitative estimate of drug-likeness (QED) is 0.779. The van der Waals surface area contributed by atoms with Gasteiger partial charge in [-0.1, -0.05) is 18.2 Å². The molecule has 6 nitrogen and oxygen atoms in total. The number of ether oxygens (including phenoxy) is 3. The Morgan fingerprint density at radius 1 is 1.07 bits per heavy atom. The molecule has 2 aromatic rings. The van der Waals surface area contributed by atoms with Crippen LogP contribution in [0.3, 0.4) is 0 Å². The molecule has 2 heterocycles. The number of nitrogens with one attached hydrogen (secondary N) is 1. The topological polar surface area (TPSA) is 60.0 Å². The number of fused-ring (bicyclic) bond motifs is 1. The highest BCUT2D eigenvalue weighted by Gasteiger charge is 2.18. The summed E-state index contributed by atoms with van der Waals surface area (Å²) >= 11 is 0. The maximum Gasteiger partial charge on any atom is 0.231 e. The minimum absolute atomic E-state index is 0.0364. The van der Waals surface area contributed by atoms with Crippen LogP contribution < -0.4 is 19.5 Å². The molecule has 0 bridgehead atoms. The van der Waals surface area contributed by atoms with Crippen molar-refractivity contribution in [3.8, 4) is 17.2 Å². The predicted molar refractivity (Wildman–Crippen MR) is 110 cm³/mol. The fraction of sp³-hybridized carbons (Fsp3) is 0.435. The van der Waals surface area contributed by atoms with Gasteiger partial charge in [0.2, 0.25) is 12.7 Å². The number of amides is 1. The lowest BCUT2D eigenvalue weighted by molar-refractivity contribution is -0.121. The second-order valence-corrected chi connectivity index (χ2v) is 7.73. The number of carbonyl (C=O) groups is 1. The van der Waals surface area contributed by atoms with Gasteiger partial charge >= 0.3 is 0 Å². The van der Waals surface area contributed by atoms with Gasteiger partial charge in [-0.25, -0.2) is 0 Å². The summed E-state index contributed by atoms with van der Waals surface area (Å²) in [6, 6.07) is 13.8. The lowest BCUT2D eigenvalue weighted by Gasteiger charge is -2.29. The van der Waals surface area contributed by atoms with Crippen LogP contribution in [-0.4, -0.2) is 43.8 Å². The molecule has 0 saturated carbocycles. The zero-order chi connectivity index (χ0) is 20.1. The van der Waals surface area contributed by atoms with Crippen molar-refractivity contribution in [3.05, 3.63) is 53.6 Å². The van der Waals surface area contributed by atoms with Crippen LogP contribution in [0.25, 0.3) is 0 Å². The zero-order valence-electron chi connectivity index (χ0n) is 16.9. The first-order valence-corrected chi connectivity index (χ1v) is 10.2. The number of likely N-dealkylation sites (tertiary alicyclic amines) is 1. The third kappa shape index (κ3) is 5.41. The summed E-state index contributed by atoms with van der Waals surface area (Å²) < 4.78 is 16.8. The van der Waals surface area contributed by atoms with E-state index >= 15 is 0 Å². The number of aryl methyl sites for hydroxylation is 1. The van der Waals surface area contributed by atoms with Gasteiger partial charge in [-0.2, -0.15) is 0 Å². The predicted octanol–water partition coefficient (Wildman–Crippen LogP) is 3.14. The largest absolute Gasteiger partial charge is 0.490 e. The standard InChI is InChI=1S/C23H28N2O4/c1-25-12-10-20(11-13-25)29-19-6-2-18(3-7-19)15-24-23(26)9-5-17-4-8-21-22(14-17)28-16-27-21/h2-4,6-8,14,20H,5,9-13,15-16H2,1H3,(H,24,26). The van der Waals surface area contributed by atoms with Gasteiger partial charge in [0, 0.05) is 26.1 Å². The Morgan fingerprint density at radius 3 is 2.59 bits per heavy atom. The van der Waals surface area contributed by atoms with Gasteiger partial charge in [0.15, 0.2) is 11.5 Å². The lowest BCUT2D eigenvalue weighted by atomic mass is 10.1. The van der Waals surface area contributed by atoms with Gasteiger partial charge in [0.25, 0.3) is 0 Å². The lowest BCUT2D eigenvalue weighted by Crippen LogP contribution is -2.35. The van der Waals surface area contributed by atoms with Crippen molar-refractivity contribution in [2.45, 2.75) is 38.3 Å². The van der Waals surface area contributed by atoms with Crippen LogP contribution in [-0.2, 0) is 17.8 Å². The van der Waals surface area contributed by atoms with Gasteiger partial charge in [0.05, 0.1) is 0 Å². The molecule has 1 N–H and O–H groups in total. The highest BCUT2D eigenvalue weighted by atomic mass is 16.7. The summed E-state index contributed by atoms with van der Waals surface area (Å²) in [7, 11) is 2.15. The second kappa shape index (κ2) is 9.18. The first-order valence-electron chi connectivity index (χ1n) is 10.2. The van der Waals surface area contributed by atoms with Gasteiger partial charge < -0.3 is 24.4 Å². The third-order valence-electron chi connectivity index (χ3n) is 5.46. The first kappa shape index (κ1) is 19.6. The number of piperidine rings is 1. The van der Waals surface area contributed by atoms with E-state index in [2.05, 4.69) is 17.3 Å². The third-order valence-corrected chi connectivity index (χ3v) is 5.46. The van der Waals surface area contributed by atoms with E-state index in [1.165, 1.54) is 0 Å². The SMILES string of the molecule is CN1CCC(Oc2ccc(CNC(=O)CCc3ccc4c(c3)OCO4)cc2)CC1. The first-order chi connectivity index (χ1) is 14.2. The van der Waals surface area contributed by atoms with E-state index in [9.17, 15) is 4.79 Å². The second-order valence-electron chi connectivity index (χ2n) is 7.73. The van der Waals surface area contributed by atoms with Gasteiger partial charge in [-0.05, 0) is 61.7 Å². The molecule has 4 rings (SSSR count). The van der Waals surface area contributed by atoms with Crippen LogP contribution in [0.1, 0.15) is 30.4 Å². The summed E-state index contributed by atoms with van der Waals surface area (Å²) in [5.41, 5.74) is 2.14. The van der Waals surface area contributed by atoms with Crippen molar-refractivity contribution in [3.63, 3.8) is 0 Å². The molecular formula is C23H28N2O4. The van der Waals surface area contributed by atoms with E-state index in [0.29, 0.717) is 25.5 Å². The fourth-order valence-electron chi connectivity index (χ4n) is 3.62.